The fraction of sp³-hybridized carbons (Fsp3) is 0.182. The van der Waals surface area contributed by atoms with Gasteiger partial charge in [0.25, 0.3) is 5.91 Å². The number of thiophene rings is 1. The minimum absolute atomic E-state index is 0.202. The lowest BCUT2D eigenvalue weighted by Gasteiger charge is -2.08. The van der Waals surface area contributed by atoms with Crippen LogP contribution in [0.2, 0.25) is 0 Å². The van der Waals surface area contributed by atoms with E-state index in [9.17, 15) is 19.3 Å². The van der Waals surface area contributed by atoms with Crippen molar-refractivity contribution < 1.29 is 14.1 Å². The number of hydrogen-bond donors (Lipinski definition) is 1. The zero-order chi connectivity index (χ0) is 15.4. The summed E-state index contributed by atoms with van der Waals surface area (Å²) in [6, 6.07) is 2.05. The van der Waals surface area contributed by atoms with E-state index < -0.39 is 16.9 Å². The number of halogens is 1. The Morgan fingerprint density at radius 1 is 1.67 bits per heavy atom. The van der Waals surface area contributed by atoms with E-state index in [0.717, 1.165) is 28.4 Å². The van der Waals surface area contributed by atoms with Crippen LogP contribution in [0.15, 0.2) is 29.6 Å². The van der Waals surface area contributed by atoms with Crippen LogP contribution < -0.4 is 5.43 Å². The molecule has 0 spiro atoms. The van der Waals surface area contributed by atoms with Gasteiger partial charge in [-0.15, -0.1) is 11.3 Å². The predicted molar refractivity (Wildman–Crippen MR) is 73.6 cm³/mol. The van der Waals surface area contributed by atoms with Crippen LogP contribution in [-0.4, -0.2) is 26.8 Å². The summed E-state index contributed by atoms with van der Waals surface area (Å²) in [6.07, 6.45) is 3.52. The van der Waals surface area contributed by atoms with Crippen LogP contribution in [0.4, 0.5) is 10.1 Å². The average molecular weight is 311 g/mol. The molecule has 10 heteroatoms. The molecular formula is C11H10FN5O3S. The van der Waals surface area contributed by atoms with Crippen molar-refractivity contribution in [2.45, 2.75) is 13.0 Å². The molecule has 0 aromatic carbocycles. The Morgan fingerprint density at radius 3 is 3.00 bits per heavy atom. The molecule has 1 atom stereocenters. The molecule has 0 aliphatic carbocycles. The van der Waals surface area contributed by atoms with Gasteiger partial charge in [0.15, 0.2) is 5.13 Å². The number of nitro groups is 1. The van der Waals surface area contributed by atoms with Crippen molar-refractivity contribution in [2.75, 3.05) is 0 Å². The molecule has 1 unspecified atom stereocenters. The quantitative estimate of drug-likeness (QED) is 0.515. The number of nitrogens with zero attached hydrogens (tertiary/aromatic N) is 4. The lowest BCUT2D eigenvalue weighted by Crippen LogP contribution is -2.27. The number of amides is 1. The van der Waals surface area contributed by atoms with Gasteiger partial charge in [0.2, 0.25) is 0 Å². The first-order chi connectivity index (χ1) is 9.97. The van der Waals surface area contributed by atoms with Gasteiger partial charge in [0, 0.05) is 0 Å². The van der Waals surface area contributed by atoms with E-state index in [1.54, 1.807) is 0 Å². The van der Waals surface area contributed by atoms with Crippen molar-refractivity contribution in [2.24, 2.45) is 5.10 Å². The van der Waals surface area contributed by atoms with Gasteiger partial charge < -0.3 is 0 Å². The molecule has 1 amide bonds. The molecule has 2 aromatic rings. The number of carbonyl (C=O) groups is 1. The molecule has 0 bridgehead atoms. The molecule has 2 aromatic heterocycles. The Morgan fingerprint density at radius 2 is 2.43 bits per heavy atom. The molecule has 8 nitrogen and oxygen atoms in total. The Balaban J connectivity index is 1.95. The fourth-order valence-corrected chi connectivity index (χ4v) is 2.01. The van der Waals surface area contributed by atoms with Crippen molar-refractivity contribution in [1.29, 1.82) is 0 Å². The molecule has 2 heterocycles. The molecule has 0 saturated carbocycles. The Bertz CT molecular complexity index is 696. The van der Waals surface area contributed by atoms with Crippen LogP contribution in [0.5, 0.6) is 0 Å². The highest BCUT2D eigenvalue weighted by Gasteiger charge is 2.18. The standard InChI is InChI=1S/C11H10FN5O3S/c1-7(16-6-8(4-14-16)17(19)20)11(18)15-13-5-9-2-3-10(12)21-9/h2-7H,1H3,(H,15,18)/b13-5+. The number of hydrazone groups is 1. The van der Waals surface area contributed by atoms with E-state index >= 15 is 0 Å². The molecule has 0 aliphatic rings. The van der Waals surface area contributed by atoms with Crippen molar-refractivity contribution in [1.82, 2.24) is 15.2 Å². The van der Waals surface area contributed by atoms with Crippen LogP contribution in [0, 0.1) is 15.2 Å². The van der Waals surface area contributed by atoms with Gasteiger partial charge in [-0.05, 0) is 19.1 Å². The summed E-state index contributed by atoms with van der Waals surface area (Å²) in [6.45, 7) is 1.52. The molecule has 21 heavy (non-hydrogen) atoms. The first kappa shape index (κ1) is 14.8. The van der Waals surface area contributed by atoms with Crippen molar-refractivity contribution >= 4 is 29.1 Å². The predicted octanol–water partition coefficient (Wildman–Crippen LogP) is 1.70. The zero-order valence-electron chi connectivity index (χ0n) is 10.8. The molecular weight excluding hydrogens is 301 g/mol. The van der Waals surface area contributed by atoms with Gasteiger partial charge in [0.05, 0.1) is 16.0 Å². The van der Waals surface area contributed by atoms with Gasteiger partial charge in [0.1, 0.15) is 18.4 Å². The van der Waals surface area contributed by atoms with Gasteiger partial charge in [-0.2, -0.15) is 14.6 Å². The lowest BCUT2D eigenvalue weighted by molar-refractivity contribution is -0.385. The number of carbonyl (C=O) groups excluding carboxylic acids is 1. The third-order valence-corrected chi connectivity index (χ3v) is 3.34. The van der Waals surface area contributed by atoms with E-state index in [1.807, 2.05) is 0 Å². The summed E-state index contributed by atoms with van der Waals surface area (Å²) in [4.78, 5) is 22.3. The van der Waals surface area contributed by atoms with Gasteiger partial charge in [-0.25, -0.2) is 5.43 Å². The maximum absolute atomic E-state index is 12.7. The van der Waals surface area contributed by atoms with Gasteiger partial charge in [-0.3, -0.25) is 19.6 Å². The van der Waals surface area contributed by atoms with Crippen LogP contribution in [-0.2, 0) is 4.79 Å². The third kappa shape index (κ3) is 3.69. The summed E-state index contributed by atoms with van der Waals surface area (Å²) in [5.41, 5.74) is 2.06. The highest BCUT2D eigenvalue weighted by atomic mass is 32.1. The lowest BCUT2D eigenvalue weighted by atomic mass is 10.3. The zero-order valence-corrected chi connectivity index (χ0v) is 11.6. The first-order valence-electron chi connectivity index (χ1n) is 5.74. The molecule has 1 N–H and O–H groups in total. The van der Waals surface area contributed by atoms with Crippen LogP contribution >= 0.6 is 11.3 Å². The van der Waals surface area contributed by atoms with Crippen molar-refractivity contribution in [3.8, 4) is 0 Å². The molecule has 0 saturated heterocycles. The molecule has 0 aliphatic heterocycles. The number of hydrogen-bond acceptors (Lipinski definition) is 6. The Hall–Kier alpha value is -2.62. The molecule has 0 fully saturated rings. The largest absolute Gasteiger partial charge is 0.307 e. The highest BCUT2D eigenvalue weighted by Crippen LogP contribution is 2.13. The normalized spacial score (nSPS) is 12.5. The van der Waals surface area contributed by atoms with E-state index in [2.05, 4.69) is 15.6 Å². The second kappa shape index (κ2) is 6.22. The average Bonchev–Trinajstić information content (AvgIpc) is 3.07. The summed E-state index contributed by atoms with van der Waals surface area (Å²) in [5, 5.41) is 17.6. The Labute approximate surface area is 122 Å². The van der Waals surface area contributed by atoms with E-state index in [1.165, 1.54) is 25.3 Å². The van der Waals surface area contributed by atoms with E-state index in [4.69, 9.17) is 0 Å². The Kier molecular flexibility index (Phi) is 4.38. The number of rotatable bonds is 5. The van der Waals surface area contributed by atoms with E-state index in [0.29, 0.717) is 4.88 Å². The minimum Gasteiger partial charge on any atom is -0.271 e. The summed E-state index contributed by atoms with van der Waals surface area (Å²) in [7, 11) is 0. The molecule has 2 rings (SSSR count). The maximum Gasteiger partial charge on any atom is 0.307 e. The smallest absolute Gasteiger partial charge is 0.271 e. The van der Waals surface area contributed by atoms with Gasteiger partial charge >= 0.3 is 5.69 Å². The topological polar surface area (TPSA) is 102 Å². The number of aromatic nitrogens is 2. The van der Waals surface area contributed by atoms with Crippen molar-refractivity contribution in [3.63, 3.8) is 0 Å². The SMILES string of the molecule is CC(C(=O)N/N=C/c1ccc(F)s1)n1cc([N+](=O)[O-])cn1. The first-order valence-corrected chi connectivity index (χ1v) is 6.56. The second-order valence-corrected chi connectivity index (χ2v) is 5.05. The highest BCUT2D eigenvalue weighted by molar-refractivity contribution is 7.12. The third-order valence-electron chi connectivity index (χ3n) is 2.54. The van der Waals surface area contributed by atoms with Crippen LogP contribution in [0.1, 0.15) is 17.8 Å². The number of nitrogens with one attached hydrogen (secondary N) is 1. The summed E-state index contributed by atoms with van der Waals surface area (Å²) < 4.78 is 13.9. The van der Waals surface area contributed by atoms with Crippen LogP contribution in [0.25, 0.3) is 0 Å². The van der Waals surface area contributed by atoms with Crippen molar-refractivity contribution in [3.05, 3.63) is 44.6 Å². The van der Waals surface area contributed by atoms with Gasteiger partial charge in [-0.1, -0.05) is 0 Å². The molecule has 0 radical (unpaired) electrons. The maximum atomic E-state index is 12.7. The fourth-order valence-electron chi connectivity index (χ4n) is 1.40. The molecule has 110 valence electrons. The summed E-state index contributed by atoms with van der Waals surface area (Å²) in [5.74, 6) is -0.499. The monoisotopic (exact) mass is 311 g/mol. The second-order valence-electron chi connectivity index (χ2n) is 3.99. The van der Waals surface area contributed by atoms with E-state index in [-0.39, 0.29) is 10.8 Å². The minimum atomic E-state index is -0.768. The van der Waals surface area contributed by atoms with Crippen LogP contribution in [0.3, 0.4) is 0 Å². The summed E-state index contributed by atoms with van der Waals surface area (Å²) >= 11 is 0.891.